The molecular formula is C22H21F3IN3OS2. The monoisotopic (exact) mass is 591 g/mol. The van der Waals surface area contributed by atoms with Gasteiger partial charge in [0.2, 0.25) is 5.69 Å². The van der Waals surface area contributed by atoms with Gasteiger partial charge in [0.1, 0.15) is 20.8 Å². The Morgan fingerprint density at radius 2 is 1.91 bits per heavy atom. The summed E-state index contributed by atoms with van der Waals surface area (Å²) in [4.78, 5) is 15.5. The maximum atomic E-state index is 13.2. The lowest BCUT2D eigenvalue weighted by atomic mass is 10.2. The lowest BCUT2D eigenvalue weighted by molar-refractivity contribution is -0.695. The maximum absolute atomic E-state index is 13.2. The zero-order valence-corrected chi connectivity index (χ0v) is 21.4. The predicted molar refractivity (Wildman–Crippen MR) is 118 cm³/mol. The number of thiazole rings is 1. The fraction of sp³-hybridized carbons (Fsp3) is 0.273. The summed E-state index contributed by atoms with van der Waals surface area (Å²) in [5, 5.41) is 0.655. The summed E-state index contributed by atoms with van der Waals surface area (Å²) in [6, 6.07) is 9.59. The van der Waals surface area contributed by atoms with Crippen LogP contribution in [-0.2, 0) is 19.3 Å². The van der Waals surface area contributed by atoms with Crippen molar-refractivity contribution in [1.82, 2.24) is 4.57 Å². The van der Waals surface area contributed by atoms with Crippen LogP contribution in [0.1, 0.15) is 25.1 Å². The first-order chi connectivity index (χ1) is 14.7. The van der Waals surface area contributed by atoms with Crippen LogP contribution in [0, 0.1) is 0 Å². The molecule has 0 fully saturated rings. The molecule has 4 nitrogen and oxygen atoms in total. The van der Waals surface area contributed by atoms with Gasteiger partial charge in [-0.05, 0) is 38.1 Å². The minimum Gasteiger partial charge on any atom is -1.00 e. The van der Waals surface area contributed by atoms with Crippen LogP contribution in [0.3, 0.4) is 0 Å². The molecule has 1 aliphatic heterocycles. The van der Waals surface area contributed by atoms with Gasteiger partial charge < -0.3 is 28.9 Å². The van der Waals surface area contributed by atoms with Crippen LogP contribution in [0.25, 0.3) is 11.1 Å². The van der Waals surface area contributed by atoms with E-state index < -0.39 is 11.7 Å². The lowest BCUT2D eigenvalue weighted by Gasteiger charge is -2.13. The smallest absolute Gasteiger partial charge is 0.416 e. The van der Waals surface area contributed by atoms with Crippen LogP contribution in [0.4, 0.5) is 18.9 Å². The number of fused-ring (bicyclic) bond motifs is 1. The maximum Gasteiger partial charge on any atom is 0.416 e. The molecule has 0 aliphatic carbocycles. The number of pyridine rings is 1. The molecule has 0 atom stereocenters. The molecular weight excluding hydrogens is 570 g/mol. The third kappa shape index (κ3) is 4.49. The molecule has 0 bridgehead atoms. The molecule has 10 heteroatoms. The van der Waals surface area contributed by atoms with Gasteiger partial charge in [-0.2, -0.15) is 17.7 Å². The van der Waals surface area contributed by atoms with Crippen LogP contribution in [0.15, 0.2) is 52.3 Å². The molecule has 0 amide bonds. The van der Waals surface area contributed by atoms with Gasteiger partial charge in [0.15, 0.2) is 6.20 Å². The van der Waals surface area contributed by atoms with E-state index in [1.807, 2.05) is 37.4 Å². The first-order valence-corrected chi connectivity index (χ1v) is 11.4. The van der Waals surface area contributed by atoms with Gasteiger partial charge in [-0.25, -0.2) is 0 Å². The van der Waals surface area contributed by atoms with Crippen molar-refractivity contribution < 1.29 is 41.7 Å². The van der Waals surface area contributed by atoms with Crippen molar-refractivity contribution >= 4 is 39.9 Å². The van der Waals surface area contributed by atoms with E-state index in [9.17, 15) is 18.0 Å². The Morgan fingerprint density at radius 1 is 1.16 bits per heavy atom. The Morgan fingerprint density at radius 3 is 2.56 bits per heavy atom. The molecule has 3 aromatic rings. The molecule has 0 saturated carbocycles. The molecule has 0 radical (unpaired) electrons. The van der Waals surface area contributed by atoms with Crippen LogP contribution in [0.5, 0.6) is 0 Å². The van der Waals surface area contributed by atoms with E-state index in [0.717, 1.165) is 29.0 Å². The minimum absolute atomic E-state index is 0. The van der Waals surface area contributed by atoms with Crippen molar-refractivity contribution in [2.75, 3.05) is 11.9 Å². The van der Waals surface area contributed by atoms with E-state index in [1.54, 1.807) is 16.5 Å². The van der Waals surface area contributed by atoms with Crippen molar-refractivity contribution in [2.45, 2.75) is 38.0 Å². The molecule has 0 N–H and O–H groups in total. The van der Waals surface area contributed by atoms with E-state index in [4.69, 9.17) is 0 Å². The highest BCUT2D eigenvalue weighted by Crippen LogP contribution is 2.47. The summed E-state index contributed by atoms with van der Waals surface area (Å²) in [5.74, 6) is 0. The van der Waals surface area contributed by atoms with Crippen molar-refractivity contribution in [3.63, 3.8) is 0 Å². The van der Waals surface area contributed by atoms with Gasteiger partial charge in [0, 0.05) is 36.7 Å². The number of rotatable bonds is 3. The SMILES string of the molecule is CCn1c(=O)/c(=C2\Sc3cc(C(F)(F)F)ccc3N2C)s/c1=C\c1cccc[n+]1CC.[I-]. The number of anilines is 1. The number of hydrogen-bond acceptors (Lipinski definition) is 4. The number of nitrogens with zero attached hydrogens (tertiary/aromatic N) is 3. The Hall–Kier alpha value is -1.79. The number of alkyl halides is 3. The highest BCUT2D eigenvalue weighted by molar-refractivity contribution is 8.08. The molecule has 32 heavy (non-hydrogen) atoms. The molecule has 3 heterocycles. The zero-order chi connectivity index (χ0) is 22.3. The predicted octanol–water partition coefficient (Wildman–Crippen LogP) is 0.396. The van der Waals surface area contributed by atoms with Crippen molar-refractivity contribution in [2.24, 2.45) is 0 Å². The van der Waals surface area contributed by atoms with Crippen molar-refractivity contribution in [1.29, 1.82) is 0 Å². The van der Waals surface area contributed by atoms with E-state index in [-0.39, 0.29) is 29.5 Å². The highest BCUT2D eigenvalue weighted by Gasteiger charge is 2.33. The number of thioether (sulfide) groups is 1. The number of benzene rings is 1. The third-order valence-electron chi connectivity index (χ3n) is 5.17. The fourth-order valence-corrected chi connectivity index (χ4v) is 6.03. The van der Waals surface area contributed by atoms with Gasteiger partial charge in [-0.1, -0.05) is 11.8 Å². The van der Waals surface area contributed by atoms with E-state index in [2.05, 4.69) is 11.5 Å². The normalized spacial score (nSPS) is 15.7. The summed E-state index contributed by atoms with van der Waals surface area (Å²) in [6.45, 7) is 5.27. The first-order valence-electron chi connectivity index (χ1n) is 9.81. The Bertz CT molecular complexity index is 1330. The van der Waals surface area contributed by atoms with E-state index >= 15 is 0 Å². The first kappa shape index (κ1) is 24.8. The molecule has 0 spiro atoms. The molecule has 0 unspecified atom stereocenters. The molecule has 2 aromatic heterocycles. The van der Waals surface area contributed by atoms with Crippen LogP contribution >= 0.6 is 23.1 Å². The quantitative estimate of drug-likeness (QED) is 0.327. The summed E-state index contributed by atoms with van der Waals surface area (Å²) < 4.78 is 44.5. The number of aromatic nitrogens is 2. The van der Waals surface area contributed by atoms with Gasteiger partial charge in [0.05, 0.1) is 11.3 Å². The third-order valence-corrected chi connectivity index (χ3v) is 7.64. The molecule has 1 aromatic carbocycles. The van der Waals surface area contributed by atoms with Crippen LogP contribution < -0.4 is 48.2 Å². The second-order valence-corrected chi connectivity index (χ2v) is 9.08. The number of aryl methyl sites for hydroxylation is 1. The van der Waals surface area contributed by atoms with E-state index in [1.165, 1.54) is 29.2 Å². The summed E-state index contributed by atoms with van der Waals surface area (Å²) in [5.41, 5.74) is 0.834. The van der Waals surface area contributed by atoms with Gasteiger partial charge in [-0.3, -0.25) is 9.36 Å². The van der Waals surface area contributed by atoms with Gasteiger partial charge in [-0.15, -0.1) is 11.3 Å². The average Bonchev–Trinajstić information content (AvgIpc) is 3.23. The lowest BCUT2D eigenvalue weighted by Crippen LogP contribution is -3.00. The van der Waals surface area contributed by atoms with Gasteiger partial charge in [0.25, 0.3) is 5.56 Å². The van der Waals surface area contributed by atoms with Crippen molar-refractivity contribution in [3.8, 4) is 0 Å². The Kier molecular flexibility index (Phi) is 7.45. The van der Waals surface area contributed by atoms with Crippen molar-refractivity contribution in [3.05, 3.63) is 73.4 Å². The van der Waals surface area contributed by atoms with Gasteiger partial charge >= 0.3 is 6.18 Å². The topological polar surface area (TPSA) is 29.1 Å². The second kappa shape index (κ2) is 9.60. The van der Waals surface area contributed by atoms with Crippen LogP contribution in [-0.4, -0.2) is 11.6 Å². The Labute approximate surface area is 208 Å². The Balaban J connectivity index is 0.00000289. The minimum atomic E-state index is -4.40. The second-order valence-electron chi connectivity index (χ2n) is 7.02. The fourth-order valence-electron chi connectivity index (χ4n) is 3.53. The summed E-state index contributed by atoms with van der Waals surface area (Å²) >= 11 is 2.57. The average molecular weight is 591 g/mol. The summed E-state index contributed by atoms with van der Waals surface area (Å²) in [7, 11) is 1.78. The standard InChI is InChI=1S/C22H21F3N3OS2.HI/c1-4-27-11-7-6-8-15(27)13-18-28(5-2)20(29)19(31-18)21-26(3)16-10-9-14(22(23,24)25)12-17(16)30-21;/h6-13H,4-5H2,1-3H3;1H/q+1;/p-1/b21-19+;. The largest absolute Gasteiger partial charge is 1.00 e. The molecule has 4 rings (SSSR count). The van der Waals surface area contributed by atoms with Crippen LogP contribution in [0.2, 0.25) is 0 Å². The molecule has 170 valence electrons. The molecule has 1 aliphatic rings. The highest BCUT2D eigenvalue weighted by atomic mass is 127. The van der Waals surface area contributed by atoms with E-state index in [0.29, 0.717) is 26.7 Å². The number of halogens is 4. The summed E-state index contributed by atoms with van der Waals surface area (Å²) in [6.07, 6.45) is -0.433. The number of hydrogen-bond donors (Lipinski definition) is 0. The molecule has 0 saturated heterocycles. The zero-order valence-electron chi connectivity index (χ0n) is 17.6.